The highest BCUT2D eigenvalue weighted by molar-refractivity contribution is 9.10. The number of amides is 2. The highest BCUT2D eigenvalue weighted by Gasteiger charge is 2.23. The Balaban J connectivity index is 2.11. The molecular weight excluding hydrogens is 310 g/mol. The highest BCUT2D eigenvalue weighted by Crippen LogP contribution is 2.20. The largest absolute Gasteiger partial charge is 0.399 e. The molecule has 0 aromatic heterocycles. The molecule has 1 atom stereocenters. The van der Waals surface area contributed by atoms with Gasteiger partial charge in [-0.25, -0.2) is 0 Å². The standard InChI is InChI=1S/C13H16BrN3O2/c14-10-5-4-8(15)7-9(10)12(18)17-11-3-1-2-6-16-13(11)19/h4-5,7,11H,1-3,6,15H2,(H,16,19)(H,17,18). The number of anilines is 1. The molecule has 1 unspecified atom stereocenters. The molecule has 102 valence electrons. The lowest BCUT2D eigenvalue weighted by atomic mass is 10.1. The molecule has 1 saturated heterocycles. The van der Waals surface area contributed by atoms with E-state index < -0.39 is 6.04 Å². The van der Waals surface area contributed by atoms with E-state index in [4.69, 9.17) is 5.73 Å². The zero-order valence-corrected chi connectivity index (χ0v) is 12.0. The van der Waals surface area contributed by atoms with Crippen LogP contribution in [0.4, 0.5) is 5.69 Å². The lowest BCUT2D eigenvalue weighted by Crippen LogP contribution is -2.45. The van der Waals surface area contributed by atoms with Crippen LogP contribution in [0.15, 0.2) is 22.7 Å². The number of hydrogen-bond acceptors (Lipinski definition) is 3. The van der Waals surface area contributed by atoms with Crippen LogP contribution < -0.4 is 16.4 Å². The van der Waals surface area contributed by atoms with Crippen molar-refractivity contribution in [1.29, 1.82) is 0 Å². The summed E-state index contributed by atoms with van der Waals surface area (Å²) in [6.45, 7) is 0.674. The minimum atomic E-state index is -0.469. The molecule has 1 heterocycles. The Morgan fingerprint density at radius 3 is 3.00 bits per heavy atom. The highest BCUT2D eigenvalue weighted by atomic mass is 79.9. The summed E-state index contributed by atoms with van der Waals surface area (Å²) in [5.41, 5.74) is 6.62. The van der Waals surface area contributed by atoms with Crippen molar-refractivity contribution in [1.82, 2.24) is 10.6 Å². The van der Waals surface area contributed by atoms with Gasteiger partial charge in [-0.2, -0.15) is 0 Å². The number of benzene rings is 1. The summed E-state index contributed by atoms with van der Waals surface area (Å²) in [5.74, 6) is -0.410. The van der Waals surface area contributed by atoms with E-state index in [9.17, 15) is 9.59 Å². The van der Waals surface area contributed by atoms with Crippen LogP contribution in [0.5, 0.6) is 0 Å². The number of rotatable bonds is 2. The Morgan fingerprint density at radius 2 is 2.21 bits per heavy atom. The molecule has 1 aromatic carbocycles. The Morgan fingerprint density at radius 1 is 1.42 bits per heavy atom. The maximum atomic E-state index is 12.2. The molecule has 0 aliphatic carbocycles. The van der Waals surface area contributed by atoms with Crippen LogP contribution >= 0.6 is 15.9 Å². The van der Waals surface area contributed by atoms with Crippen molar-refractivity contribution in [2.75, 3.05) is 12.3 Å². The number of halogens is 1. The maximum Gasteiger partial charge on any atom is 0.253 e. The number of carbonyl (C=O) groups excluding carboxylic acids is 2. The van der Waals surface area contributed by atoms with Gasteiger partial charge >= 0.3 is 0 Å². The molecule has 19 heavy (non-hydrogen) atoms. The van der Waals surface area contributed by atoms with Gasteiger partial charge in [-0.3, -0.25) is 9.59 Å². The SMILES string of the molecule is Nc1ccc(Br)c(C(=O)NC2CCCCNC2=O)c1. The fourth-order valence-electron chi connectivity index (χ4n) is 2.03. The number of nitrogen functional groups attached to an aromatic ring is 1. The van der Waals surface area contributed by atoms with Gasteiger partial charge in [-0.05, 0) is 53.4 Å². The Kier molecular flexibility index (Phi) is 4.42. The molecule has 0 saturated carbocycles. The third kappa shape index (κ3) is 3.47. The molecule has 5 nitrogen and oxygen atoms in total. The smallest absolute Gasteiger partial charge is 0.253 e. The summed E-state index contributed by atoms with van der Waals surface area (Å²) >= 11 is 3.31. The van der Waals surface area contributed by atoms with E-state index in [2.05, 4.69) is 26.6 Å². The number of hydrogen-bond donors (Lipinski definition) is 3. The zero-order valence-electron chi connectivity index (χ0n) is 10.4. The summed E-state index contributed by atoms with van der Waals surface area (Å²) in [5, 5.41) is 5.54. The predicted molar refractivity (Wildman–Crippen MR) is 76.7 cm³/mol. The van der Waals surface area contributed by atoms with Gasteiger partial charge in [0.05, 0.1) is 5.56 Å². The molecule has 6 heteroatoms. The molecule has 0 spiro atoms. The van der Waals surface area contributed by atoms with Crippen LogP contribution in [0.2, 0.25) is 0 Å². The molecule has 2 rings (SSSR count). The number of carbonyl (C=O) groups is 2. The first-order valence-corrected chi connectivity index (χ1v) is 7.01. The summed E-state index contributed by atoms with van der Waals surface area (Å²) in [4.78, 5) is 23.9. The first kappa shape index (κ1) is 13.9. The lowest BCUT2D eigenvalue weighted by Gasteiger charge is -2.16. The van der Waals surface area contributed by atoms with E-state index in [1.165, 1.54) is 0 Å². The second-order valence-corrected chi connectivity index (χ2v) is 5.41. The first-order valence-electron chi connectivity index (χ1n) is 6.21. The quantitative estimate of drug-likeness (QED) is 0.719. The van der Waals surface area contributed by atoms with E-state index in [1.807, 2.05) is 0 Å². The van der Waals surface area contributed by atoms with E-state index in [-0.39, 0.29) is 11.8 Å². The van der Waals surface area contributed by atoms with Crippen molar-refractivity contribution in [3.05, 3.63) is 28.2 Å². The minimum Gasteiger partial charge on any atom is -0.399 e. The van der Waals surface area contributed by atoms with E-state index >= 15 is 0 Å². The van der Waals surface area contributed by atoms with Crippen molar-refractivity contribution in [3.63, 3.8) is 0 Å². The third-order valence-electron chi connectivity index (χ3n) is 3.08. The van der Waals surface area contributed by atoms with Crippen LogP contribution in [0.1, 0.15) is 29.6 Å². The van der Waals surface area contributed by atoms with Crippen LogP contribution in [-0.4, -0.2) is 24.4 Å². The van der Waals surface area contributed by atoms with Crippen LogP contribution in [0.25, 0.3) is 0 Å². The van der Waals surface area contributed by atoms with Crippen molar-refractivity contribution in [3.8, 4) is 0 Å². The third-order valence-corrected chi connectivity index (χ3v) is 3.77. The molecule has 1 fully saturated rings. The van der Waals surface area contributed by atoms with Gasteiger partial charge in [0.25, 0.3) is 5.91 Å². The average molecular weight is 326 g/mol. The second kappa shape index (κ2) is 6.06. The van der Waals surface area contributed by atoms with Gasteiger partial charge in [-0.1, -0.05) is 0 Å². The van der Waals surface area contributed by atoms with Crippen molar-refractivity contribution in [2.24, 2.45) is 0 Å². The maximum absolute atomic E-state index is 12.2. The normalized spacial score (nSPS) is 19.4. The molecule has 0 radical (unpaired) electrons. The summed E-state index contributed by atoms with van der Waals surface area (Å²) in [6.07, 6.45) is 2.53. The molecule has 1 aliphatic heterocycles. The van der Waals surface area contributed by atoms with Gasteiger partial charge < -0.3 is 16.4 Å². The van der Waals surface area contributed by atoms with E-state index in [0.29, 0.717) is 28.7 Å². The van der Waals surface area contributed by atoms with Crippen LogP contribution in [0, 0.1) is 0 Å². The van der Waals surface area contributed by atoms with E-state index in [1.54, 1.807) is 18.2 Å². The molecule has 0 bridgehead atoms. The Hall–Kier alpha value is -1.56. The average Bonchev–Trinajstić information content (AvgIpc) is 2.58. The topological polar surface area (TPSA) is 84.2 Å². The monoisotopic (exact) mass is 325 g/mol. The second-order valence-electron chi connectivity index (χ2n) is 4.55. The van der Waals surface area contributed by atoms with Crippen molar-refractivity contribution < 1.29 is 9.59 Å². The summed E-state index contributed by atoms with van der Waals surface area (Å²) < 4.78 is 0.660. The van der Waals surface area contributed by atoms with Gasteiger partial charge in [0, 0.05) is 16.7 Å². The van der Waals surface area contributed by atoms with Crippen LogP contribution in [0.3, 0.4) is 0 Å². The molecule has 1 aromatic rings. The molecule has 4 N–H and O–H groups in total. The molecule has 2 amide bonds. The zero-order chi connectivity index (χ0) is 13.8. The van der Waals surface area contributed by atoms with Gasteiger partial charge in [0.1, 0.15) is 6.04 Å². The Labute approximate surface area is 120 Å². The van der Waals surface area contributed by atoms with Crippen molar-refractivity contribution in [2.45, 2.75) is 25.3 Å². The minimum absolute atomic E-state index is 0.120. The fraction of sp³-hybridized carbons (Fsp3) is 0.385. The predicted octanol–water partition coefficient (Wildman–Crippen LogP) is 1.43. The van der Waals surface area contributed by atoms with E-state index in [0.717, 1.165) is 12.8 Å². The summed E-state index contributed by atoms with van der Waals surface area (Å²) in [6, 6.07) is 4.55. The molecule has 1 aliphatic rings. The Bertz CT molecular complexity index is 505. The summed E-state index contributed by atoms with van der Waals surface area (Å²) in [7, 11) is 0. The van der Waals surface area contributed by atoms with Gasteiger partial charge in [0.15, 0.2) is 0 Å². The molecular formula is C13H16BrN3O2. The lowest BCUT2D eigenvalue weighted by molar-refractivity contribution is -0.122. The number of nitrogens with two attached hydrogens (primary N) is 1. The van der Waals surface area contributed by atoms with Crippen molar-refractivity contribution >= 4 is 33.4 Å². The fourth-order valence-corrected chi connectivity index (χ4v) is 2.46. The van der Waals surface area contributed by atoms with Gasteiger partial charge in [-0.15, -0.1) is 0 Å². The number of nitrogens with one attached hydrogen (secondary N) is 2. The van der Waals surface area contributed by atoms with Gasteiger partial charge in [0.2, 0.25) is 5.91 Å². The van der Waals surface area contributed by atoms with Crippen LogP contribution in [-0.2, 0) is 4.79 Å². The first-order chi connectivity index (χ1) is 9.08.